The normalized spacial score (nSPS) is 31.5. The number of benzene rings is 1. The molecule has 1 heteroatoms. The first-order chi connectivity index (χ1) is 9.33. The van der Waals surface area contributed by atoms with E-state index in [9.17, 15) is 0 Å². The number of fused-ring (bicyclic) bond motifs is 1. The van der Waals surface area contributed by atoms with Crippen LogP contribution in [0.1, 0.15) is 68.4 Å². The van der Waals surface area contributed by atoms with Crippen molar-refractivity contribution < 1.29 is 0 Å². The molecule has 104 valence electrons. The molecule has 0 amide bonds. The summed E-state index contributed by atoms with van der Waals surface area (Å²) in [6.07, 6.45) is 12.7. The van der Waals surface area contributed by atoms with Crippen molar-refractivity contribution in [2.24, 2.45) is 5.92 Å². The second-order valence-corrected chi connectivity index (χ2v) is 7.80. The third-order valence-corrected chi connectivity index (χ3v) is 5.91. The highest BCUT2D eigenvalue weighted by atomic mass is 79.9. The van der Waals surface area contributed by atoms with E-state index in [1.807, 2.05) is 0 Å². The summed E-state index contributed by atoms with van der Waals surface area (Å²) in [7, 11) is 0. The fourth-order valence-electron chi connectivity index (χ4n) is 4.11. The molecule has 19 heavy (non-hydrogen) atoms. The van der Waals surface area contributed by atoms with Gasteiger partial charge in [0.2, 0.25) is 0 Å². The van der Waals surface area contributed by atoms with E-state index in [-0.39, 0.29) is 0 Å². The van der Waals surface area contributed by atoms with Crippen LogP contribution in [0.5, 0.6) is 0 Å². The van der Waals surface area contributed by atoms with E-state index in [4.69, 9.17) is 0 Å². The van der Waals surface area contributed by atoms with E-state index in [0.29, 0.717) is 0 Å². The summed E-state index contributed by atoms with van der Waals surface area (Å²) >= 11 is 3.88. The van der Waals surface area contributed by atoms with Gasteiger partial charge in [0.05, 0.1) is 0 Å². The maximum Gasteiger partial charge on any atom is 0.0148 e. The Labute approximate surface area is 126 Å². The Morgan fingerprint density at radius 1 is 1.00 bits per heavy atom. The number of alkyl halides is 1. The predicted molar refractivity (Wildman–Crippen MR) is 86.0 cm³/mol. The van der Waals surface area contributed by atoms with Crippen LogP contribution >= 0.6 is 15.9 Å². The molecule has 0 bridgehead atoms. The summed E-state index contributed by atoms with van der Waals surface area (Å²) in [5, 5.41) is 0. The van der Waals surface area contributed by atoms with Crippen LogP contribution in [-0.4, -0.2) is 4.83 Å². The van der Waals surface area contributed by atoms with Crippen molar-refractivity contribution in [1.82, 2.24) is 0 Å². The number of hydrogen-bond donors (Lipinski definition) is 0. The van der Waals surface area contributed by atoms with E-state index >= 15 is 0 Å². The van der Waals surface area contributed by atoms with E-state index in [1.165, 1.54) is 57.8 Å². The summed E-state index contributed by atoms with van der Waals surface area (Å²) in [6.45, 7) is 0. The van der Waals surface area contributed by atoms with Crippen LogP contribution in [0, 0.1) is 5.92 Å². The highest BCUT2D eigenvalue weighted by Gasteiger charge is 2.25. The van der Waals surface area contributed by atoms with E-state index in [0.717, 1.165) is 16.7 Å². The molecule has 1 fully saturated rings. The van der Waals surface area contributed by atoms with Gasteiger partial charge < -0.3 is 0 Å². The van der Waals surface area contributed by atoms with E-state index in [1.54, 1.807) is 11.1 Å². The smallest absolute Gasteiger partial charge is 0.0148 e. The summed E-state index contributed by atoms with van der Waals surface area (Å²) < 4.78 is 0. The largest absolute Gasteiger partial charge is 0.0891 e. The molecular weight excluding hydrogens is 296 g/mol. The fourth-order valence-corrected chi connectivity index (χ4v) is 4.96. The lowest BCUT2D eigenvalue weighted by Gasteiger charge is -2.29. The van der Waals surface area contributed by atoms with Gasteiger partial charge in [0.15, 0.2) is 0 Å². The van der Waals surface area contributed by atoms with Crippen LogP contribution in [0.2, 0.25) is 0 Å². The first-order valence-electron chi connectivity index (χ1n) is 8.05. The van der Waals surface area contributed by atoms with Gasteiger partial charge in [-0.3, -0.25) is 0 Å². The first-order valence-corrected chi connectivity index (χ1v) is 8.96. The lowest BCUT2D eigenvalue weighted by atomic mass is 9.77. The molecule has 0 aliphatic heterocycles. The SMILES string of the molecule is BrC1CCCCC(CC2CCCc3ccccc32)C1. The average Bonchev–Trinajstić information content (AvgIpc) is 2.63. The monoisotopic (exact) mass is 320 g/mol. The molecule has 3 atom stereocenters. The maximum absolute atomic E-state index is 3.88. The number of aryl methyl sites for hydroxylation is 1. The van der Waals surface area contributed by atoms with Crippen molar-refractivity contribution in [3.63, 3.8) is 0 Å². The van der Waals surface area contributed by atoms with Gasteiger partial charge in [-0.25, -0.2) is 0 Å². The molecule has 0 saturated heterocycles. The van der Waals surface area contributed by atoms with Gasteiger partial charge in [-0.05, 0) is 61.5 Å². The van der Waals surface area contributed by atoms with Crippen LogP contribution in [0.15, 0.2) is 24.3 Å². The third kappa shape index (κ3) is 3.42. The molecule has 0 radical (unpaired) electrons. The van der Waals surface area contributed by atoms with Gasteiger partial charge >= 0.3 is 0 Å². The van der Waals surface area contributed by atoms with Gasteiger partial charge in [-0.15, -0.1) is 0 Å². The second kappa shape index (κ2) is 6.43. The molecule has 3 unspecified atom stereocenters. The molecule has 1 aromatic rings. The summed E-state index contributed by atoms with van der Waals surface area (Å²) in [4.78, 5) is 0.777. The van der Waals surface area contributed by atoms with Crippen LogP contribution in [-0.2, 0) is 6.42 Å². The van der Waals surface area contributed by atoms with Crippen LogP contribution in [0.3, 0.4) is 0 Å². The van der Waals surface area contributed by atoms with Crippen LogP contribution < -0.4 is 0 Å². The maximum atomic E-state index is 3.88. The van der Waals surface area contributed by atoms with Crippen molar-refractivity contribution >= 4 is 15.9 Å². The highest BCUT2D eigenvalue weighted by Crippen LogP contribution is 2.40. The summed E-state index contributed by atoms with van der Waals surface area (Å²) in [5.74, 6) is 1.79. The van der Waals surface area contributed by atoms with E-state index in [2.05, 4.69) is 40.2 Å². The molecule has 1 saturated carbocycles. The van der Waals surface area contributed by atoms with E-state index < -0.39 is 0 Å². The lowest BCUT2D eigenvalue weighted by Crippen LogP contribution is -2.15. The minimum absolute atomic E-state index is 0.777. The standard InChI is InChI=1S/C18H25Br/c19-17-10-3-1-6-14(13-17)12-16-9-5-8-15-7-2-4-11-18(15)16/h2,4,7,11,14,16-17H,1,3,5-6,8-10,12-13H2. The second-order valence-electron chi connectivity index (χ2n) is 6.51. The molecule has 3 rings (SSSR count). The molecule has 1 aromatic carbocycles. The minimum atomic E-state index is 0.777. The Kier molecular flexibility index (Phi) is 4.63. The molecule has 2 aliphatic rings. The predicted octanol–water partition coefficient (Wildman–Crippen LogP) is 5.84. The fraction of sp³-hybridized carbons (Fsp3) is 0.667. The Hall–Kier alpha value is -0.300. The topological polar surface area (TPSA) is 0 Å². The summed E-state index contributed by atoms with van der Waals surface area (Å²) in [5.41, 5.74) is 3.30. The van der Waals surface area contributed by atoms with Gasteiger partial charge in [0.1, 0.15) is 0 Å². The zero-order valence-electron chi connectivity index (χ0n) is 11.8. The molecule has 2 aliphatic carbocycles. The average molecular weight is 321 g/mol. The van der Waals surface area contributed by atoms with Gasteiger partial charge in [0.25, 0.3) is 0 Å². The highest BCUT2D eigenvalue weighted by molar-refractivity contribution is 9.09. The van der Waals surface area contributed by atoms with Crippen molar-refractivity contribution in [1.29, 1.82) is 0 Å². The quantitative estimate of drug-likeness (QED) is 0.474. The number of hydrogen-bond acceptors (Lipinski definition) is 0. The number of rotatable bonds is 2. The first kappa shape index (κ1) is 13.7. The van der Waals surface area contributed by atoms with Crippen molar-refractivity contribution in [3.8, 4) is 0 Å². The Bertz CT molecular complexity index is 412. The molecule has 0 spiro atoms. The van der Waals surface area contributed by atoms with Gasteiger partial charge in [-0.2, -0.15) is 0 Å². The number of halogens is 1. The Morgan fingerprint density at radius 3 is 2.79 bits per heavy atom. The van der Waals surface area contributed by atoms with Gasteiger partial charge in [0, 0.05) is 4.83 Å². The van der Waals surface area contributed by atoms with Crippen molar-refractivity contribution in [2.45, 2.75) is 68.5 Å². The molecular formula is C18H25Br. The lowest BCUT2D eigenvalue weighted by molar-refractivity contribution is 0.370. The van der Waals surface area contributed by atoms with Gasteiger partial charge in [-0.1, -0.05) is 59.5 Å². The zero-order chi connectivity index (χ0) is 13.1. The molecule has 0 nitrogen and oxygen atoms in total. The minimum Gasteiger partial charge on any atom is -0.0891 e. The Balaban J connectivity index is 1.70. The van der Waals surface area contributed by atoms with Crippen LogP contribution in [0.4, 0.5) is 0 Å². The summed E-state index contributed by atoms with van der Waals surface area (Å²) in [6, 6.07) is 9.18. The zero-order valence-corrected chi connectivity index (χ0v) is 13.4. The molecule has 0 heterocycles. The Morgan fingerprint density at radius 2 is 1.84 bits per heavy atom. The third-order valence-electron chi connectivity index (χ3n) is 5.08. The van der Waals surface area contributed by atoms with Crippen molar-refractivity contribution in [2.75, 3.05) is 0 Å². The molecule has 0 aromatic heterocycles. The molecule has 0 N–H and O–H groups in total. The van der Waals surface area contributed by atoms with Crippen LogP contribution in [0.25, 0.3) is 0 Å². The van der Waals surface area contributed by atoms with Crippen molar-refractivity contribution in [3.05, 3.63) is 35.4 Å².